The molecule has 4 rings (SSSR count). The van der Waals surface area contributed by atoms with E-state index in [0.717, 1.165) is 16.5 Å². The number of aromatic nitrogens is 2. The third-order valence-electron chi connectivity index (χ3n) is 4.20. The molecule has 0 saturated carbocycles. The third-order valence-corrected chi connectivity index (χ3v) is 5.33. The molecule has 0 aliphatic rings. The van der Waals surface area contributed by atoms with E-state index in [2.05, 4.69) is 9.51 Å². The van der Waals surface area contributed by atoms with Gasteiger partial charge in [0, 0.05) is 11.5 Å². The summed E-state index contributed by atoms with van der Waals surface area (Å²) < 4.78 is 23.5. The third kappa shape index (κ3) is 3.92. The van der Waals surface area contributed by atoms with Crippen molar-refractivity contribution in [3.63, 3.8) is 0 Å². The summed E-state index contributed by atoms with van der Waals surface area (Å²) in [5, 5.41) is 2.66. The van der Waals surface area contributed by atoms with Gasteiger partial charge in [0.1, 0.15) is 18.2 Å². The van der Waals surface area contributed by atoms with Crippen LogP contribution < -0.4 is 4.74 Å². The minimum atomic E-state index is -4.60. The van der Waals surface area contributed by atoms with E-state index in [1.165, 1.54) is 11.8 Å². The summed E-state index contributed by atoms with van der Waals surface area (Å²) in [6, 6.07) is 19.2. The molecule has 0 bridgehead atoms. The van der Waals surface area contributed by atoms with E-state index in [1.54, 1.807) is 10.6 Å². The van der Waals surface area contributed by atoms with Gasteiger partial charge in [-0.1, -0.05) is 48.2 Å². The predicted octanol–water partition coefficient (Wildman–Crippen LogP) is 4.77. The SMILES string of the molecule is CSc1nc2ccc(Oc3cccc4ccccc34)cc2n1COP(=O)(O)O. The highest BCUT2D eigenvalue weighted by atomic mass is 32.2. The first-order valence-electron chi connectivity index (χ1n) is 8.34. The molecule has 1 aromatic heterocycles. The minimum Gasteiger partial charge on any atom is -0.457 e. The van der Waals surface area contributed by atoms with Crippen LogP contribution in [0.2, 0.25) is 0 Å². The second kappa shape index (κ2) is 7.58. The maximum atomic E-state index is 11.1. The lowest BCUT2D eigenvalue weighted by molar-refractivity contribution is 0.151. The summed E-state index contributed by atoms with van der Waals surface area (Å²) in [6.45, 7) is -0.311. The van der Waals surface area contributed by atoms with Gasteiger partial charge < -0.3 is 14.5 Å². The van der Waals surface area contributed by atoms with E-state index in [0.29, 0.717) is 21.9 Å². The van der Waals surface area contributed by atoms with Crippen LogP contribution in [0.1, 0.15) is 0 Å². The lowest BCUT2D eigenvalue weighted by Crippen LogP contribution is -2.02. The Morgan fingerprint density at radius 3 is 2.68 bits per heavy atom. The Kier molecular flexibility index (Phi) is 5.14. The molecular weight excluding hydrogens is 399 g/mol. The summed E-state index contributed by atoms with van der Waals surface area (Å²) >= 11 is 1.36. The molecule has 0 amide bonds. The van der Waals surface area contributed by atoms with Crippen LogP contribution >= 0.6 is 19.6 Å². The molecule has 7 nitrogen and oxygen atoms in total. The van der Waals surface area contributed by atoms with Gasteiger partial charge >= 0.3 is 7.82 Å². The average Bonchev–Trinajstić information content (AvgIpc) is 3.03. The van der Waals surface area contributed by atoms with Crippen LogP contribution in [0, 0.1) is 0 Å². The topological polar surface area (TPSA) is 93.8 Å². The molecule has 9 heteroatoms. The largest absolute Gasteiger partial charge is 0.471 e. The highest BCUT2D eigenvalue weighted by molar-refractivity contribution is 7.98. The smallest absolute Gasteiger partial charge is 0.457 e. The first kappa shape index (κ1) is 19.0. The monoisotopic (exact) mass is 416 g/mol. The fourth-order valence-corrected chi connectivity index (χ4v) is 3.80. The number of ether oxygens (including phenoxy) is 1. The molecule has 3 aromatic carbocycles. The Labute approximate surface area is 165 Å². The van der Waals surface area contributed by atoms with Gasteiger partial charge in [0.2, 0.25) is 0 Å². The number of nitrogens with zero attached hydrogens (tertiary/aromatic N) is 2. The van der Waals surface area contributed by atoms with Gasteiger partial charge in [-0.2, -0.15) is 0 Å². The van der Waals surface area contributed by atoms with Crippen LogP contribution in [0.4, 0.5) is 0 Å². The summed E-state index contributed by atoms with van der Waals surface area (Å²) in [5.41, 5.74) is 1.35. The van der Waals surface area contributed by atoms with Crippen molar-refractivity contribution >= 4 is 41.4 Å². The lowest BCUT2D eigenvalue weighted by Gasteiger charge is -2.11. The molecule has 2 N–H and O–H groups in total. The van der Waals surface area contributed by atoms with Crippen LogP contribution in [0.5, 0.6) is 11.5 Å². The molecule has 0 unspecified atom stereocenters. The maximum absolute atomic E-state index is 11.1. The summed E-state index contributed by atoms with van der Waals surface area (Å²) in [7, 11) is -4.60. The molecule has 4 aromatic rings. The first-order chi connectivity index (χ1) is 13.4. The number of imidazole rings is 1. The van der Waals surface area contributed by atoms with E-state index in [9.17, 15) is 4.57 Å². The zero-order valence-corrected chi connectivity index (χ0v) is 16.6. The van der Waals surface area contributed by atoms with Crippen LogP contribution in [0.3, 0.4) is 0 Å². The number of phosphoric acid groups is 1. The molecule has 0 atom stereocenters. The molecule has 0 aliphatic carbocycles. The van der Waals surface area contributed by atoms with Crippen LogP contribution in [-0.2, 0) is 15.8 Å². The Morgan fingerprint density at radius 1 is 1.11 bits per heavy atom. The number of phosphoric ester groups is 1. The van der Waals surface area contributed by atoms with Crippen molar-refractivity contribution in [2.45, 2.75) is 11.9 Å². The molecule has 0 spiro atoms. The average molecular weight is 416 g/mol. The number of benzene rings is 3. The maximum Gasteiger partial charge on any atom is 0.471 e. The van der Waals surface area contributed by atoms with Gasteiger partial charge in [0.05, 0.1) is 11.0 Å². The highest BCUT2D eigenvalue weighted by Gasteiger charge is 2.18. The van der Waals surface area contributed by atoms with Gasteiger partial charge in [-0.25, -0.2) is 9.55 Å². The Bertz CT molecular complexity index is 1200. The molecular formula is C19H17N2O5PS. The zero-order chi connectivity index (χ0) is 19.7. The Hall–Kier alpha value is -2.35. The first-order valence-corrected chi connectivity index (χ1v) is 11.1. The van der Waals surface area contributed by atoms with Gasteiger partial charge in [-0.15, -0.1) is 0 Å². The van der Waals surface area contributed by atoms with Gasteiger partial charge in [0.25, 0.3) is 0 Å². The molecule has 0 saturated heterocycles. The quantitative estimate of drug-likeness (QED) is 0.345. The van der Waals surface area contributed by atoms with Gasteiger partial charge in [-0.05, 0) is 29.8 Å². The van der Waals surface area contributed by atoms with Crippen LogP contribution in [0.25, 0.3) is 21.8 Å². The zero-order valence-electron chi connectivity index (χ0n) is 14.8. The second-order valence-corrected chi connectivity index (χ2v) is 8.02. The highest BCUT2D eigenvalue weighted by Crippen LogP contribution is 2.38. The minimum absolute atomic E-state index is 0.311. The molecule has 144 valence electrons. The summed E-state index contributed by atoms with van der Waals surface area (Å²) in [4.78, 5) is 22.5. The van der Waals surface area contributed by atoms with Crippen molar-refractivity contribution in [1.82, 2.24) is 9.55 Å². The van der Waals surface area contributed by atoms with Crippen LogP contribution in [0.15, 0.2) is 65.8 Å². The van der Waals surface area contributed by atoms with Crippen molar-refractivity contribution in [3.05, 3.63) is 60.7 Å². The van der Waals surface area contributed by atoms with Crippen molar-refractivity contribution in [1.29, 1.82) is 0 Å². The van der Waals surface area contributed by atoms with Crippen molar-refractivity contribution in [3.8, 4) is 11.5 Å². The number of fused-ring (bicyclic) bond motifs is 2. The van der Waals surface area contributed by atoms with Crippen LogP contribution in [-0.4, -0.2) is 25.6 Å². The van der Waals surface area contributed by atoms with Gasteiger partial charge in [-0.3, -0.25) is 9.09 Å². The molecule has 28 heavy (non-hydrogen) atoms. The van der Waals surface area contributed by atoms with Crippen molar-refractivity contribution in [2.75, 3.05) is 6.26 Å². The number of thioether (sulfide) groups is 1. The number of rotatable bonds is 6. The van der Waals surface area contributed by atoms with E-state index < -0.39 is 7.82 Å². The summed E-state index contributed by atoms with van der Waals surface area (Å²) in [5.74, 6) is 1.31. The molecule has 0 fully saturated rings. The fraction of sp³-hybridized carbons (Fsp3) is 0.105. The van der Waals surface area contributed by atoms with E-state index in [-0.39, 0.29) is 6.73 Å². The molecule has 1 heterocycles. The van der Waals surface area contributed by atoms with E-state index in [1.807, 2.05) is 60.9 Å². The Balaban J connectivity index is 1.73. The Morgan fingerprint density at radius 2 is 1.89 bits per heavy atom. The standard InChI is InChI=1S/C19H17N2O5PS/c1-28-19-20-16-10-9-14(11-17(16)21(19)12-25-27(22,23)24)26-18-8-4-6-13-5-2-3-7-15(13)18/h2-11H,12H2,1H3,(H2,22,23,24). The number of hydrogen-bond acceptors (Lipinski definition) is 5. The van der Waals surface area contributed by atoms with Gasteiger partial charge in [0.15, 0.2) is 5.16 Å². The number of hydrogen-bond donors (Lipinski definition) is 2. The molecule has 0 aliphatic heterocycles. The van der Waals surface area contributed by atoms with Crippen molar-refractivity contribution < 1.29 is 23.6 Å². The van der Waals surface area contributed by atoms with E-state index in [4.69, 9.17) is 14.5 Å². The van der Waals surface area contributed by atoms with E-state index >= 15 is 0 Å². The second-order valence-electron chi connectivity index (χ2n) is 6.01. The normalized spacial score (nSPS) is 12.0. The molecule has 0 radical (unpaired) electrons. The lowest BCUT2D eigenvalue weighted by atomic mass is 10.1. The predicted molar refractivity (Wildman–Crippen MR) is 109 cm³/mol. The van der Waals surface area contributed by atoms with Crippen molar-refractivity contribution in [2.24, 2.45) is 0 Å². The summed E-state index contributed by atoms with van der Waals surface area (Å²) in [6.07, 6.45) is 1.84. The fourth-order valence-electron chi connectivity index (χ4n) is 2.97.